The van der Waals surface area contributed by atoms with Crippen LogP contribution in [0.25, 0.3) is 10.7 Å². The maximum absolute atomic E-state index is 6.09. The highest BCUT2D eigenvalue weighted by Gasteiger charge is 2.30. The predicted octanol–water partition coefficient (Wildman–Crippen LogP) is 5.94. The van der Waals surface area contributed by atoms with Gasteiger partial charge in [-0.1, -0.05) is 47.1 Å². The molecular formula is C16H13Cl2N3S2. The smallest absolute Gasteiger partial charge is 0.192 e. The Hall–Kier alpha value is -1.01. The van der Waals surface area contributed by atoms with Gasteiger partial charge in [-0.25, -0.2) is 0 Å². The van der Waals surface area contributed by atoms with Gasteiger partial charge in [0.15, 0.2) is 11.0 Å². The molecule has 1 fully saturated rings. The minimum absolute atomic E-state index is 0.540. The van der Waals surface area contributed by atoms with Crippen molar-refractivity contribution in [2.24, 2.45) is 0 Å². The second kappa shape index (κ2) is 6.48. The summed E-state index contributed by atoms with van der Waals surface area (Å²) in [6.07, 6.45) is 2.41. The summed E-state index contributed by atoms with van der Waals surface area (Å²) in [6, 6.07) is 10.4. The Kier molecular flexibility index (Phi) is 4.37. The number of rotatable bonds is 5. The highest BCUT2D eigenvalue weighted by Crippen LogP contribution is 2.42. The maximum atomic E-state index is 6.09. The monoisotopic (exact) mass is 381 g/mol. The molecule has 1 aliphatic carbocycles. The minimum Gasteiger partial charge on any atom is -0.298 e. The van der Waals surface area contributed by atoms with Crippen LogP contribution in [0.2, 0.25) is 10.0 Å². The fourth-order valence-corrected chi connectivity index (χ4v) is 4.36. The molecular weight excluding hydrogens is 369 g/mol. The molecule has 0 aliphatic heterocycles. The number of thiophene rings is 1. The number of benzene rings is 1. The molecule has 0 N–H and O–H groups in total. The maximum Gasteiger partial charge on any atom is 0.192 e. The van der Waals surface area contributed by atoms with Crippen molar-refractivity contribution in [1.82, 2.24) is 14.8 Å². The molecule has 118 valence electrons. The lowest BCUT2D eigenvalue weighted by Gasteiger charge is -2.08. The van der Waals surface area contributed by atoms with Crippen LogP contribution in [0.4, 0.5) is 0 Å². The molecule has 3 nitrogen and oxygen atoms in total. The van der Waals surface area contributed by atoms with E-state index in [-0.39, 0.29) is 0 Å². The number of aromatic nitrogens is 3. The van der Waals surface area contributed by atoms with Crippen LogP contribution < -0.4 is 0 Å². The third kappa shape index (κ3) is 3.29. The quantitative estimate of drug-likeness (QED) is 0.512. The van der Waals surface area contributed by atoms with Gasteiger partial charge >= 0.3 is 0 Å². The van der Waals surface area contributed by atoms with Crippen molar-refractivity contribution in [3.63, 3.8) is 0 Å². The van der Waals surface area contributed by atoms with E-state index in [4.69, 9.17) is 23.2 Å². The fourth-order valence-electron chi connectivity index (χ4n) is 2.39. The summed E-state index contributed by atoms with van der Waals surface area (Å²) in [5, 5.41) is 13.1. The van der Waals surface area contributed by atoms with Crippen LogP contribution in [0.15, 0.2) is 40.9 Å². The van der Waals surface area contributed by atoms with Crippen molar-refractivity contribution in [2.45, 2.75) is 29.8 Å². The Bertz CT molecular complexity index is 826. The lowest BCUT2D eigenvalue weighted by molar-refractivity contribution is 0.670. The second-order valence-corrected chi connectivity index (χ2v) is 8.13. The number of hydrogen-bond donors (Lipinski definition) is 0. The van der Waals surface area contributed by atoms with Gasteiger partial charge in [-0.2, -0.15) is 0 Å². The Labute approximate surface area is 152 Å². The number of nitrogens with zero attached hydrogens (tertiary/aromatic N) is 3. The molecule has 1 saturated carbocycles. The molecule has 1 aromatic carbocycles. The molecule has 0 amide bonds. The van der Waals surface area contributed by atoms with Crippen molar-refractivity contribution >= 4 is 46.3 Å². The first-order chi connectivity index (χ1) is 11.2. The molecule has 7 heteroatoms. The zero-order valence-corrected chi connectivity index (χ0v) is 15.2. The van der Waals surface area contributed by atoms with Crippen LogP contribution in [0.5, 0.6) is 0 Å². The van der Waals surface area contributed by atoms with E-state index in [1.807, 2.05) is 18.2 Å². The van der Waals surface area contributed by atoms with Gasteiger partial charge in [0.25, 0.3) is 0 Å². The molecule has 0 radical (unpaired) electrons. The standard InChI is InChI=1S/C16H13Cl2N3S2/c17-12-6-3-10(8-13(12)18)9-23-16-20-19-15(14-2-1-7-22-14)21(16)11-4-5-11/h1-3,6-8,11H,4-5,9H2. The molecule has 2 heterocycles. The first-order valence-corrected chi connectivity index (χ1v) is 9.90. The SMILES string of the molecule is Clc1ccc(CSc2nnc(-c3cccs3)n2C2CC2)cc1Cl. The number of thioether (sulfide) groups is 1. The molecule has 2 aromatic heterocycles. The van der Waals surface area contributed by atoms with E-state index >= 15 is 0 Å². The summed E-state index contributed by atoms with van der Waals surface area (Å²) in [4.78, 5) is 1.17. The summed E-state index contributed by atoms with van der Waals surface area (Å²) in [5.41, 5.74) is 1.13. The third-order valence-electron chi connectivity index (χ3n) is 3.67. The molecule has 3 aromatic rings. The molecule has 4 rings (SSSR count). The van der Waals surface area contributed by atoms with Gasteiger partial charge in [0, 0.05) is 11.8 Å². The molecule has 0 saturated heterocycles. The van der Waals surface area contributed by atoms with Crippen LogP contribution >= 0.6 is 46.3 Å². The van der Waals surface area contributed by atoms with Crippen LogP contribution in [-0.2, 0) is 5.75 Å². The van der Waals surface area contributed by atoms with Gasteiger partial charge < -0.3 is 0 Å². The fraction of sp³-hybridized carbons (Fsp3) is 0.250. The van der Waals surface area contributed by atoms with Crippen molar-refractivity contribution < 1.29 is 0 Å². The average Bonchev–Trinajstić information content (AvgIpc) is 3.08. The Morgan fingerprint density at radius 3 is 2.74 bits per heavy atom. The summed E-state index contributed by atoms with van der Waals surface area (Å²) >= 11 is 15.5. The summed E-state index contributed by atoms with van der Waals surface area (Å²) in [7, 11) is 0. The Balaban J connectivity index is 1.58. The summed E-state index contributed by atoms with van der Waals surface area (Å²) in [6.45, 7) is 0. The highest BCUT2D eigenvalue weighted by atomic mass is 35.5. The highest BCUT2D eigenvalue weighted by molar-refractivity contribution is 7.98. The van der Waals surface area contributed by atoms with Crippen LogP contribution in [0.3, 0.4) is 0 Å². The van der Waals surface area contributed by atoms with E-state index in [9.17, 15) is 0 Å². The first kappa shape index (κ1) is 15.5. The average molecular weight is 382 g/mol. The van der Waals surface area contributed by atoms with Crippen molar-refractivity contribution in [1.29, 1.82) is 0 Å². The Morgan fingerprint density at radius 1 is 1.17 bits per heavy atom. The molecule has 1 aliphatic rings. The van der Waals surface area contributed by atoms with E-state index in [1.54, 1.807) is 23.1 Å². The molecule has 0 bridgehead atoms. The van der Waals surface area contributed by atoms with E-state index < -0.39 is 0 Å². The molecule has 0 spiro atoms. The topological polar surface area (TPSA) is 30.7 Å². The lowest BCUT2D eigenvalue weighted by atomic mass is 10.2. The van der Waals surface area contributed by atoms with Gasteiger partial charge in [-0.05, 0) is 42.0 Å². The van der Waals surface area contributed by atoms with E-state index in [0.717, 1.165) is 22.3 Å². The van der Waals surface area contributed by atoms with Crippen molar-refractivity contribution in [3.8, 4) is 10.7 Å². The van der Waals surface area contributed by atoms with Gasteiger partial charge in [0.1, 0.15) is 0 Å². The van der Waals surface area contributed by atoms with Crippen LogP contribution in [0.1, 0.15) is 24.4 Å². The Morgan fingerprint density at radius 2 is 2.04 bits per heavy atom. The van der Waals surface area contributed by atoms with E-state index in [0.29, 0.717) is 16.1 Å². The van der Waals surface area contributed by atoms with Crippen molar-refractivity contribution in [2.75, 3.05) is 0 Å². The van der Waals surface area contributed by atoms with Gasteiger partial charge in [0.05, 0.1) is 14.9 Å². The third-order valence-corrected chi connectivity index (χ3v) is 6.29. The molecule has 0 unspecified atom stereocenters. The summed E-state index contributed by atoms with van der Waals surface area (Å²) in [5.74, 6) is 1.78. The predicted molar refractivity (Wildman–Crippen MR) is 97.6 cm³/mol. The van der Waals surface area contributed by atoms with Crippen molar-refractivity contribution in [3.05, 3.63) is 51.3 Å². The van der Waals surface area contributed by atoms with Gasteiger partial charge in [-0.3, -0.25) is 4.57 Å². The molecule has 23 heavy (non-hydrogen) atoms. The molecule has 0 atom stereocenters. The second-order valence-electron chi connectivity index (χ2n) is 5.42. The van der Waals surface area contributed by atoms with Crippen LogP contribution in [0, 0.1) is 0 Å². The van der Waals surface area contributed by atoms with Crippen LogP contribution in [-0.4, -0.2) is 14.8 Å². The normalized spacial score (nSPS) is 14.3. The van der Waals surface area contributed by atoms with E-state index in [2.05, 4.69) is 32.3 Å². The van der Waals surface area contributed by atoms with Gasteiger partial charge in [0.2, 0.25) is 0 Å². The first-order valence-electron chi connectivity index (χ1n) is 7.28. The zero-order chi connectivity index (χ0) is 15.8. The number of halogens is 2. The van der Waals surface area contributed by atoms with Gasteiger partial charge in [-0.15, -0.1) is 21.5 Å². The minimum atomic E-state index is 0.540. The zero-order valence-electron chi connectivity index (χ0n) is 12.1. The largest absolute Gasteiger partial charge is 0.298 e. The van der Waals surface area contributed by atoms with E-state index in [1.165, 1.54) is 17.7 Å². The number of hydrogen-bond acceptors (Lipinski definition) is 4. The summed E-state index contributed by atoms with van der Waals surface area (Å²) < 4.78 is 2.29. The lowest BCUT2D eigenvalue weighted by Crippen LogP contribution is -1.99.